The van der Waals surface area contributed by atoms with Crippen molar-refractivity contribution >= 4 is 0 Å². The van der Waals surface area contributed by atoms with Crippen LogP contribution in [0, 0.1) is 5.82 Å². The van der Waals surface area contributed by atoms with Gasteiger partial charge in [0.15, 0.2) is 0 Å². The molecule has 0 saturated carbocycles. The molecule has 0 aliphatic carbocycles. The van der Waals surface area contributed by atoms with Crippen LogP contribution in [0.3, 0.4) is 0 Å². The van der Waals surface area contributed by atoms with Crippen molar-refractivity contribution in [2.75, 3.05) is 7.05 Å². The Morgan fingerprint density at radius 3 is 2.65 bits per heavy atom. The number of halogens is 1. The van der Waals surface area contributed by atoms with Crippen LogP contribution < -0.4 is 5.32 Å². The zero-order chi connectivity index (χ0) is 12.3. The lowest BCUT2D eigenvalue weighted by atomic mass is 10.0. The van der Waals surface area contributed by atoms with Crippen LogP contribution in [0.1, 0.15) is 24.2 Å². The van der Waals surface area contributed by atoms with Crippen molar-refractivity contribution in [1.29, 1.82) is 0 Å². The van der Waals surface area contributed by atoms with Crippen LogP contribution in [0.2, 0.25) is 0 Å². The minimum absolute atomic E-state index is 0.0226. The molecule has 0 fully saturated rings. The molecule has 0 aliphatic rings. The van der Waals surface area contributed by atoms with Crippen molar-refractivity contribution < 1.29 is 4.39 Å². The monoisotopic (exact) mass is 234 g/mol. The molecule has 1 aromatic carbocycles. The Kier molecular flexibility index (Phi) is 3.49. The Morgan fingerprint density at radius 1 is 1.35 bits per heavy atom. The highest BCUT2D eigenvalue weighted by Crippen LogP contribution is 2.20. The molecule has 0 aliphatic heterocycles. The first-order valence-electron chi connectivity index (χ1n) is 5.57. The van der Waals surface area contributed by atoms with Crippen LogP contribution in [0.25, 0.3) is 0 Å². The van der Waals surface area contributed by atoms with Gasteiger partial charge in [-0.25, -0.2) is 9.07 Å². The molecule has 2 aromatic rings. The second-order valence-corrected chi connectivity index (χ2v) is 3.75. The summed E-state index contributed by atoms with van der Waals surface area (Å²) < 4.78 is 14.7. The molecule has 0 radical (unpaired) electrons. The van der Waals surface area contributed by atoms with E-state index in [0.717, 1.165) is 17.8 Å². The highest BCUT2D eigenvalue weighted by atomic mass is 19.1. The number of rotatable bonds is 4. The van der Waals surface area contributed by atoms with Gasteiger partial charge in [0.05, 0.1) is 17.9 Å². The summed E-state index contributed by atoms with van der Waals surface area (Å²) in [5.74, 6) is -0.231. The Morgan fingerprint density at radius 2 is 2.06 bits per heavy atom. The van der Waals surface area contributed by atoms with E-state index in [4.69, 9.17) is 0 Å². The van der Waals surface area contributed by atoms with E-state index in [9.17, 15) is 4.39 Å². The van der Waals surface area contributed by atoms with Gasteiger partial charge in [-0.3, -0.25) is 0 Å². The number of aryl methyl sites for hydroxylation is 1. The van der Waals surface area contributed by atoms with E-state index in [-0.39, 0.29) is 11.9 Å². The predicted octanol–water partition coefficient (Wildman–Crippen LogP) is 1.75. The zero-order valence-electron chi connectivity index (χ0n) is 9.89. The molecule has 4 nitrogen and oxygen atoms in total. The number of nitrogens with zero attached hydrogens (tertiary/aromatic N) is 3. The quantitative estimate of drug-likeness (QED) is 0.876. The first-order valence-corrected chi connectivity index (χ1v) is 5.57. The number of hydrogen-bond donors (Lipinski definition) is 1. The first-order chi connectivity index (χ1) is 8.26. The average Bonchev–Trinajstić information content (AvgIpc) is 2.81. The van der Waals surface area contributed by atoms with E-state index in [1.807, 2.05) is 18.7 Å². The van der Waals surface area contributed by atoms with E-state index in [0.29, 0.717) is 0 Å². The zero-order valence-corrected chi connectivity index (χ0v) is 9.89. The fourth-order valence-electron chi connectivity index (χ4n) is 1.88. The minimum atomic E-state index is -0.231. The van der Waals surface area contributed by atoms with Gasteiger partial charge < -0.3 is 5.32 Å². The highest BCUT2D eigenvalue weighted by Gasteiger charge is 2.16. The van der Waals surface area contributed by atoms with Crippen LogP contribution in [0.4, 0.5) is 4.39 Å². The van der Waals surface area contributed by atoms with Crippen LogP contribution in [-0.4, -0.2) is 22.0 Å². The lowest BCUT2D eigenvalue weighted by molar-refractivity contribution is 0.551. The summed E-state index contributed by atoms with van der Waals surface area (Å²) in [4.78, 5) is 0. The van der Waals surface area contributed by atoms with Crippen molar-refractivity contribution in [3.8, 4) is 0 Å². The molecular weight excluding hydrogens is 219 g/mol. The fraction of sp³-hybridized carbons (Fsp3) is 0.333. The van der Waals surface area contributed by atoms with E-state index in [1.165, 1.54) is 12.1 Å². The molecule has 1 unspecified atom stereocenters. The molecule has 5 heteroatoms. The van der Waals surface area contributed by atoms with Gasteiger partial charge >= 0.3 is 0 Å². The first kappa shape index (κ1) is 11.7. The van der Waals surface area contributed by atoms with Gasteiger partial charge in [-0.15, -0.1) is 5.10 Å². The highest BCUT2D eigenvalue weighted by molar-refractivity contribution is 5.26. The third-order valence-corrected chi connectivity index (χ3v) is 2.73. The standard InChI is InChI=1S/C12H15FN4/c1-3-17-11(8-15-16-17)12(14-2)9-4-6-10(13)7-5-9/h4-8,12,14H,3H2,1-2H3. The summed E-state index contributed by atoms with van der Waals surface area (Å²) in [5, 5.41) is 11.1. The molecule has 17 heavy (non-hydrogen) atoms. The fourth-order valence-corrected chi connectivity index (χ4v) is 1.88. The number of nitrogens with one attached hydrogen (secondary N) is 1. The van der Waals surface area contributed by atoms with Gasteiger partial charge in [0.1, 0.15) is 5.82 Å². The van der Waals surface area contributed by atoms with Crippen LogP contribution in [0.5, 0.6) is 0 Å². The largest absolute Gasteiger partial charge is 0.308 e. The molecule has 0 amide bonds. The molecule has 90 valence electrons. The van der Waals surface area contributed by atoms with E-state index in [2.05, 4.69) is 15.6 Å². The summed E-state index contributed by atoms with van der Waals surface area (Å²) in [6.45, 7) is 2.77. The third kappa shape index (κ3) is 2.34. The van der Waals surface area contributed by atoms with Crippen LogP contribution >= 0.6 is 0 Å². The summed E-state index contributed by atoms with van der Waals surface area (Å²) in [7, 11) is 1.86. The van der Waals surface area contributed by atoms with Gasteiger partial charge in [0.25, 0.3) is 0 Å². The van der Waals surface area contributed by atoms with Crippen LogP contribution in [0.15, 0.2) is 30.5 Å². The molecule has 1 aromatic heterocycles. The van der Waals surface area contributed by atoms with Gasteiger partial charge in [-0.05, 0) is 31.7 Å². The Balaban J connectivity index is 2.36. The maximum Gasteiger partial charge on any atom is 0.123 e. The topological polar surface area (TPSA) is 42.7 Å². The second kappa shape index (κ2) is 5.05. The average molecular weight is 234 g/mol. The van der Waals surface area contributed by atoms with Crippen molar-refractivity contribution in [1.82, 2.24) is 20.3 Å². The van der Waals surface area contributed by atoms with Crippen molar-refractivity contribution in [2.24, 2.45) is 0 Å². The number of hydrogen-bond acceptors (Lipinski definition) is 3. The number of aromatic nitrogens is 3. The maximum atomic E-state index is 12.9. The molecule has 0 spiro atoms. The van der Waals surface area contributed by atoms with Crippen molar-refractivity contribution in [3.05, 3.63) is 47.5 Å². The Labute approximate surface area is 99.5 Å². The third-order valence-electron chi connectivity index (χ3n) is 2.73. The lowest BCUT2D eigenvalue weighted by Crippen LogP contribution is -2.21. The molecule has 0 saturated heterocycles. The second-order valence-electron chi connectivity index (χ2n) is 3.75. The maximum absolute atomic E-state index is 12.9. The number of benzene rings is 1. The van der Waals surface area contributed by atoms with Gasteiger partial charge in [0.2, 0.25) is 0 Å². The summed E-state index contributed by atoms with van der Waals surface area (Å²) >= 11 is 0. The lowest BCUT2D eigenvalue weighted by Gasteiger charge is -2.17. The van der Waals surface area contributed by atoms with Crippen molar-refractivity contribution in [3.63, 3.8) is 0 Å². The minimum Gasteiger partial charge on any atom is -0.308 e. The van der Waals surface area contributed by atoms with Crippen LogP contribution in [-0.2, 0) is 6.54 Å². The molecule has 1 atom stereocenters. The Bertz CT molecular complexity index is 478. The van der Waals surface area contributed by atoms with E-state index < -0.39 is 0 Å². The van der Waals surface area contributed by atoms with E-state index in [1.54, 1.807) is 18.3 Å². The smallest absolute Gasteiger partial charge is 0.123 e. The summed E-state index contributed by atoms with van der Waals surface area (Å²) in [5.41, 5.74) is 1.97. The molecular formula is C12H15FN4. The summed E-state index contributed by atoms with van der Waals surface area (Å²) in [6, 6.07) is 6.43. The van der Waals surface area contributed by atoms with Gasteiger partial charge in [0, 0.05) is 6.54 Å². The van der Waals surface area contributed by atoms with Crippen molar-refractivity contribution in [2.45, 2.75) is 19.5 Å². The predicted molar refractivity (Wildman–Crippen MR) is 63.0 cm³/mol. The SMILES string of the molecule is CCn1nncc1C(NC)c1ccc(F)cc1. The van der Waals surface area contributed by atoms with E-state index >= 15 is 0 Å². The van der Waals surface area contributed by atoms with Gasteiger partial charge in [-0.2, -0.15) is 0 Å². The Hall–Kier alpha value is -1.75. The van der Waals surface area contributed by atoms with Gasteiger partial charge in [-0.1, -0.05) is 17.3 Å². The molecule has 0 bridgehead atoms. The normalized spacial score (nSPS) is 12.6. The summed E-state index contributed by atoms with van der Waals surface area (Å²) in [6.07, 6.45) is 1.73. The molecule has 1 heterocycles. The molecule has 1 N–H and O–H groups in total. The molecule has 2 rings (SSSR count).